The van der Waals surface area contributed by atoms with E-state index in [1.807, 2.05) is 17.0 Å². The Hall–Kier alpha value is -1.46. The van der Waals surface area contributed by atoms with E-state index in [2.05, 4.69) is 22.3 Å². The number of piperidine rings is 2. The molecule has 0 saturated carbocycles. The van der Waals surface area contributed by atoms with E-state index >= 15 is 0 Å². The highest BCUT2D eigenvalue weighted by molar-refractivity contribution is 5.85. The van der Waals surface area contributed by atoms with Gasteiger partial charge in [0, 0.05) is 19.6 Å². The smallest absolute Gasteiger partial charge is 0.265 e. The molecule has 3 aliphatic rings. The molecule has 4 rings (SSSR count). The summed E-state index contributed by atoms with van der Waals surface area (Å²) < 4.78 is 6.12. The number of fused-ring (bicyclic) bond motifs is 1. The van der Waals surface area contributed by atoms with Crippen LogP contribution in [0.4, 0.5) is 5.69 Å². The Morgan fingerprint density at radius 2 is 1.85 bits per heavy atom. The molecule has 26 heavy (non-hydrogen) atoms. The number of nitrogens with zero attached hydrogens (tertiary/aromatic N) is 2. The number of rotatable bonds is 3. The van der Waals surface area contributed by atoms with Gasteiger partial charge < -0.3 is 19.9 Å². The zero-order chi connectivity index (χ0) is 17.1. The van der Waals surface area contributed by atoms with Gasteiger partial charge in [0.2, 0.25) is 0 Å². The molecule has 0 spiro atoms. The van der Waals surface area contributed by atoms with Gasteiger partial charge in [-0.15, -0.1) is 12.4 Å². The first kappa shape index (κ1) is 19.3. The molecule has 3 heterocycles. The first-order chi connectivity index (χ1) is 12.3. The van der Waals surface area contributed by atoms with Gasteiger partial charge in [-0.25, -0.2) is 0 Å². The van der Waals surface area contributed by atoms with E-state index in [-0.39, 0.29) is 24.4 Å². The van der Waals surface area contributed by atoms with Crippen LogP contribution in [0.15, 0.2) is 24.3 Å². The number of likely N-dealkylation sites (tertiary alicyclic amines) is 1. The molecular weight excluding hydrogens is 350 g/mol. The third-order valence-electron chi connectivity index (χ3n) is 5.74. The molecule has 2 saturated heterocycles. The minimum absolute atomic E-state index is 0. The summed E-state index contributed by atoms with van der Waals surface area (Å²) in [6.45, 7) is 5.67. The van der Waals surface area contributed by atoms with Crippen LogP contribution in [0, 0.1) is 5.92 Å². The average molecular weight is 380 g/mol. The molecule has 1 N–H and O–H groups in total. The molecule has 5 nitrogen and oxygen atoms in total. The SMILES string of the molecule is Cl.O=C(C1CN(CC2CCNCC2)c2ccccc2O1)N1CCCCC1. The minimum atomic E-state index is -0.366. The summed E-state index contributed by atoms with van der Waals surface area (Å²) >= 11 is 0. The fraction of sp³-hybridized carbons (Fsp3) is 0.650. The number of carbonyl (C=O) groups excluding carboxylic acids is 1. The van der Waals surface area contributed by atoms with Gasteiger partial charge in [0.1, 0.15) is 5.75 Å². The predicted octanol–water partition coefficient (Wildman–Crippen LogP) is 2.69. The second-order valence-corrected chi connectivity index (χ2v) is 7.56. The maximum Gasteiger partial charge on any atom is 0.265 e. The minimum Gasteiger partial charge on any atom is -0.477 e. The molecule has 0 aliphatic carbocycles. The van der Waals surface area contributed by atoms with E-state index in [0.717, 1.165) is 57.0 Å². The molecule has 1 atom stereocenters. The van der Waals surface area contributed by atoms with Crippen molar-refractivity contribution >= 4 is 24.0 Å². The summed E-state index contributed by atoms with van der Waals surface area (Å²) in [7, 11) is 0. The average Bonchev–Trinajstić information content (AvgIpc) is 2.69. The van der Waals surface area contributed by atoms with Crippen LogP contribution in [0.5, 0.6) is 5.75 Å². The molecule has 1 amide bonds. The van der Waals surface area contributed by atoms with E-state index in [1.165, 1.54) is 19.3 Å². The van der Waals surface area contributed by atoms with Crippen molar-refractivity contribution in [3.8, 4) is 5.75 Å². The van der Waals surface area contributed by atoms with Gasteiger partial charge in [-0.3, -0.25) is 4.79 Å². The van der Waals surface area contributed by atoms with Gasteiger partial charge in [0.05, 0.1) is 12.2 Å². The van der Waals surface area contributed by atoms with Crippen molar-refractivity contribution in [1.29, 1.82) is 0 Å². The summed E-state index contributed by atoms with van der Waals surface area (Å²) in [5.41, 5.74) is 1.14. The molecule has 0 aromatic heterocycles. The van der Waals surface area contributed by atoms with Crippen LogP contribution >= 0.6 is 12.4 Å². The molecule has 1 aromatic rings. The summed E-state index contributed by atoms with van der Waals surface area (Å²) in [5, 5.41) is 3.44. The summed E-state index contributed by atoms with van der Waals surface area (Å²) in [5.74, 6) is 1.72. The fourth-order valence-electron chi connectivity index (χ4n) is 4.30. The van der Waals surface area contributed by atoms with Gasteiger partial charge in [0.15, 0.2) is 6.10 Å². The van der Waals surface area contributed by atoms with E-state index in [1.54, 1.807) is 0 Å². The van der Waals surface area contributed by atoms with Crippen LogP contribution in [-0.4, -0.2) is 56.2 Å². The molecular formula is C20H30ClN3O2. The maximum absolute atomic E-state index is 13.0. The first-order valence-corrected chi connectivity index (χ1v) is 9.81. The standard InChI is InChI=1S/C20H29N3O2.ClH/c24-20(22-12-4-1-5-13-22)19-15-23(14-16-8-10-21-11-9-16)17-6-2-3-7-18(17)25-19;/h2-3,6-7,16,19,21H,1,4-5,8-15H2;1H. The molecule has 144 valence electrons. The number of carbonyl (C=O) groups is 1. The van der Waals surface area contributed by atoms with Crippen LogP contribution in [0.25, 0.3) is 0 Å². The highest BCUT2D eigenvalue weighted by atomic mass is 35.5. The summed E-state index contributed by atoms with van der Waals surface area (Å²) in [4.78, 5) is 17.4. The third-order valence-corrected chi connectivity index (χ3v) is 5.74. The zero-order valence-electron chi connectivity index (χ0n) is 15.4. The Bertz CT molecular complexity index is 600. The molecule has 1 aromatic carbocycles. The normalized spacial score (nSPS) is 23.6. The van der Waals surface area contributed by atoms with Crippen LogP contribution < -0.4 is 15.0 Å². The number of anilines is 1. The topological polar surface area (TPSA) is 44.8 Å². The zero-order valence-corrected chi connectivity index (χ0v) is 16.2. The number of amides is 1. The second kappa shape index (κ2) is 8.96. The van der Waals surface area contributed by atoms with Crippen LogP contribution in [0.2, 0.25) is 0 Å². The number of hydrogen-bond acceptors (Lipinski definition) is 4. The molecule has 6 heteroatoms. The van der Waals surface area contributed by atoms with Crippen molar-refractivity contribution in [3.63, 3.8) is 0 Å². The van der Waals surface area contributed by atoms with Gasteiger partial charge in [0.25, 0.3) is 5.91 Å². The van der Waals surface area contributed by atoms with Crippen LogP contribution in [0.1, 0.15) is 32.1 Å². The van der Waals surface area contributed by atoms with Crippen molar-refractivity contribution < 1.29 is 9.53 Å². The largest absolute Gasteiger partial charge is 0.477 e. The van der Waals surface area contributed by atoms with E-state index in [0.29, 0.717) is 12.5 Å². The van der Waals surface area contributed by atoms with Crippen molar-refractivity contribution in [2.45, 2.75) is 38.2 Å². The number of benzene rings is 1. The Morgan fingerprint density at radius 3 is 2.62 bits per heavy atom. The number of hydrogen-bond donors (Lipinski definition) is 1. The second-order valence-electron chi connectivity index (χ2n) is 7.56. The van der Waals surface area contributed by atoms with Crippen molar-refractivity contribution in [2.75, 3.05) is 44.2 Å². The Labute approximate surface area is 162 Å². The van der Waals surface area contributed by atoms with Gasteiger partial charge in [-0.1, -0.05) is 12.1 Å². The van der Waals surface area contributed by atoms with Crippen molar-refractivity contribution in [1.82, 2.24) is 10.2 Å². The van der Waals surface area contributed by atoms with Crippen LogP contribution in [0.3, 0.4) is 0 Å². The highest BCUT2D eigenvalue weighted by Gasteiger charge is 2.34. The predicted molar refractivity (Wildman–Crippen MR) is 106 cm³/mol. The van der Waals surface area contributed by atoms with Crippen molar-refractivity contribution in [3.05, 3.63) is 24.3 Å². The maximum atomic E-state index is 13.0. The quantitative estimate of drug-likeness (QED) is 0.877. The highest BCUT2D eigenvalue weighted by Crippen LogP contribution is 2.34. The molecule has 0 radical (unpaired) electrons. The first-order valence-electron chi connectivity index (χ1n) is 9.81. The van der Waals surface area contributed by atoms with Gasteiger partial charge in [-0.05, 0) is 63.2 Å². The van der Waals surface area contributed by atoms with E-state index in [4.69, 9.17) is 4.74 Å². The third kappa shape index (κ3) is 4.26. The van der Waals surface area contributed by atoms with Crippen molar-refractivity contribution in [2.24, 2.45) is 5.92 Å². The number of ether oxygens (including phenoxy) is 1. The number of halogens is 1. The molecule has 2 fully saturated rings. The van der Waals surface area contributed by atoms with E-state index < -0.39 is 0 Å². The Balaban J connectivity index is 0.00000196. The number of nitrogens with one attached hydrogen (secondary N) is 1. The van der Waals surface area contributed by atoms with E-state index in [9.17, 15) is 4.79 Å². The lowest BCUT2D eigenvalue weighted by Gasteiger charge is -2.40. The van der Waals surface area contributed by atoms with Gasteiger partial charge >= 0.3 is 0 Å². The van der Waals surface area contributed by atoms with Crippen LogP contribution in [-0.2, 0) is 4.79 Å². The monoisotopic (exact) mass is 379 g/mol. The fourth-order valence-corrected chi connectivity index (χ4v) is 4.30. The number of para-hydroxylation sites is 2. The lowest BCUT2D eigenvalue weighted by atomic mass is 9.96. The lowest BCUT2D eigenvalue weighted by Crippen LogP contribution is -2.52. The van der Waals surface area contributed by atoms with Gasteiger partial charge in [-0.2, -0.15) is 0 Å². The lowest BCUT2D eigenvalue weighted by molar-refractivity contribution is -0.139. The Morgan fingerprint density at radius 1 is 1.12 bits per heavy atom. The molecule has 0 bridgehead atoms. The Kier molecular flexibility index (Phi) is 6.65. The summed E-state index contributed by atoms with van der Waals surface area (Å²) in [6, 6.07) is 8.18. The molecule has 1 unspecified atom stereocenters. The summed E-state index contributed by atoms with van der Waals surface area (Å²) in [6.07, 6.45) is 5.53. The molecule has 3 aliphatic heterocycles.